The molecule has 0 atom stereocenters. The maximum Gasteiger partial charge on any atom is 0.404 e. The summed E-state index contributed by atoms with van der Waals surface area (Å²) in [6, 6.07) is 9.91. The second-order valence-corrected chi connectivity index (χ2v) is 11.7. The van der Waals surface area contributed by atoms with Gasteiger partial charge in [-0.05, 0) is 81.4 Å². The molecule has 1 aliphatic carbocycles. The lowest BCUT2D eigenvalue weighted by Crippen LogP contribution is -2.52. The lowest BCUT2D eigenvalue weighted by molar-refractivity contribution is -0.0314. The van der Waals surface area contributed by atoms with Crippen molar-refractivity contribution in [3.63, 3.8) is 0 Å². The number of ether oxygens (including phenoxy) is 1. The van der Waals surface area contributed by atoms with Crippen molar-refractivity contribution in [2.45, 2.75) is 51.0 Å². The summed E-state index contributed by atoms with van der Waals surface area (Å²) in [6.45, 7) is 6.39. The Hall–Kier alpha value is -2.91. The van der Waals surface area contributed by atoms with Gasteiger partial charge in [0, 0.05) is 51.8 Å². The summed E-state index contributed by atoms with van der Waals surface area (Å²) in [4.78, 5) is 33.9. The Morgan fingerprint density at radius 3 is 2.31 bits per heavy atom. The molecule has 2 aliphatic heterocycles. The van der Waals surface area contributed by atoms with Crippen LogP contribution in [0.2, 0.25) is 0 Å². The number of carbonyl (C=O) groups excluding carboxylic acids is 1. The third-order valence-corrected chi connectivity index (χ3v) is 9.06. The van der Waals surface area contributed by atoms with Gasteiger partial charge in [0.2, 0.25) is 0 Å². The molecule has 3 heterocycles. The van der Waals surface area contributed by atoms with E-state index in [2.05, 4.69) is 20.4 Å². The number of piperidine rings is 1. The number of para-hydroxylation sites is 1. The van der Waals surface area contributed by atoms with Gasteiger partial charge in [0.15, 0.2) is 0 Å². The van der Waals surface area contributed by atoms with E-state index < -0.39 is 6.09 Å². The molecule has 212 valence electrons. The fourth-order valence-corrected chi connectivity index (χ4v) is 6.38. The molecule has 2 saturated heterocycles. The van der Waals surface area contributed by atoms with Crippen molar-refractivity contribution in [3.8, 4) is 0 Å². The minimum Gasteiger partial charge on any atom is -0.465 e. The van der Waals surface area contributed by atoms with Crippen molar-refractivity contribution in [1.29, 1.82) is 0 Å². The van der Waals surface area contributed by atoms with E-state index in [9.17, 15) is 9.59 Å². The number of anilines is 1. The highest BCUT2D eigenvalue weighted by Gasteiger charge is 2.28. The summed E-state index contributed by atoms with van der Waals surface area (Å²) in [5, 5.41) is 15.4. The Balaban J connectivity index is 1.15. The fourth-order valence-electron chi connectivity index (χ4n) is 6.38. The molecule has 0 bridgehead atoms. The lowest BCUT2D eigenvalue weighted by atomic mass is 9.82. The van der Waals surface area contributed by atoms with Crippen molar-refractivity contribution in [3.05, 3.63) is 35.9 Å². The number of likely N-dealkylation sites (tertiary alicyclic amines) is 1. The van der Waals surface area contributed by atoms with Gasteiger partial charge in [-0.2, -0.15) is 0 Å². The SMILES string of the molecule is COC1CN(CCC2CCN(c3cc(C(=O)NCC4CCC(CNC(=O)O)CC4)c4ccccc4n3)CC2)C1. The fraction of sp³-hybridized carbons (Fsp3) is 0.633. The first-order valence-corrected chi connectivity index (χ1v) is 14.6. The number of aromatic nitrogens is 1. The van der Waals surface area contributed by atoms with Gasteiger partial charge in [0.25, 0.3) is 5.91 Å². The van der Waals surface area contributed by atoms with Crippen LogP contribution >= 0.6 is 0 Å². The second kappa shape index (κ2) is 13.0. The molecular weight excluding hydrogens is 494 g/mol. The van der Waals surface area contributed by atoms with E-state index in [-0.39, 0.29) is 5.91 Å². The van der Waals surface area contributed by atoms with Gasteiger partial charge in [0.1, 0.15) is 5.82 Å². The van der Waals surface area contributed by atoms with Crippen molar-refractivity contribution < 1.29 is 19.4 Å². The number of methoxy groups -OCH3 is 1. The Labute approximate surface area is 231 Å². The average Bonchev–Trinajstić information content (AvgIpc) is 2.94. The van der Waals surface area contributed by atoms with Crippen molar-refractivity contribution in [2.75, 3.05) is 57.8 Å². The van der Waals surface area contributed by atoms with E-state index in [0.29, 0.717) is 36.6 Å². The van der Waals surface area contributed by atoms with E-state index >= 15 is 0 Å². The van der Waals surface area contributed by atoms with Gasteiger partial charge in [-0.25, -0.2) is 9.78 Å². The van der Waals surface area contributed by atoms with E-state index in [4.69, 9.17) is 14.8 Å². The Morgan fingerprint density at radius 2 is 1.64 bits per heavy atom. The first-order valence-electron chi connectivity index (χ1n) is 14.6. The van der Waals surface area contributed by atoms with E-state index in [1.807, 2.05) is 30.3 Å². The maximum absolute atomic E-state index is 13.4. The Morgan fingerprint density at radius 1 is 0.974 bits per heavy atom. The van der Waals surface area contributed by atoms with Gasteiger partial charge >= 0.3 is 6.09 Å². The number of hydrogen-bond acceptors (Lipinski definition) is 6. The topological polar surface area (TPSA) is 107 Å². The number of carbonyl (C=O) groups is 2. The molecule has 39 heavy (non-hydrogen) atoms. The minimum absolute atomic E-state index is 0.0386. The zero-order chi connectivity index (χ0) is 27.2. The van der Waals surface area contributed by atoms with Crippen molar-refractivity contribution >= 4 is 28.7 Å². The normalized spacial score (nSPS) is 22.9. The predicted molar refractivity (Wildman–Crippen MR) is 152 cm³/mol. The summed E-state index contributed by atoms with van der Waals surface area (Å²) in [6.07, 6.45) is 7.00. The standard InChI is InChI=1S/C30H43N5O4/c1-39-24-19-34(20-24)13-10-21-11-14-35(15-12-21)28-16-26(25-4-2-3-5-27(25)33-28)29(36)31-17-22-6-8-23(9-7-22)18-32-30(37)38/h2-5,16,21-24,32H,6-15,17-20H2,1H3,(H,31,36)(H,37,38). The molecule has 1 aromatic carbocycles. The highest BCUT2D eigenvalue weighted by Crippen LogP contribution is 2.30. The molecule has 9 heteroatoms. The number of hydrogen-bond donors (Lipinski definition) is 3. The molecule has 3 N–H and O–H groups in total. The van der Waals surface area contributed by atoms with Crippen LogP contribution in [0.25, 0.3) is 10.9 Å². The average molecular weight is 538 g/mol. The van der Waals surface area contributed by atoms with Gasteiger partial charge in [-0.1, -0.05) is 18.2 Å². The van der Waals surface area contributed by atoms with Crippen LogP contribution in [0.15, 0.2) is 30.3 Å². The van der Waals surface area contributed by atoms with Crippen molar-refractivity contribution in [2.24, 2.45) is 17.8 Å². The molecule has 0 unspecified atom stereocenters. The lowest BCUT2D eigenvalue weighted by Gasteiger charge is -2.40. The molecule has 0 radical (unpaired) electrons. The largest absolute Gasteiger partial charge is 0.465 e. The second-order valence-electron chi connectivity index (χ2n) is 11.7. The maximum atomic E-state index is 13.4. The number of benzene rings is 1. The van der Waals surface area contributed by atoms with Gasteiger partial charge < -0.3 is 25.4 Å². The molecule has 2 aromatic rings. The van der Waals surface area contributed by atoms with Crippen LogP contribution in [0.5, 0.6) is 0 Å². The first kappa shape index (κ1) is 27.6. The number of fused-ring (bicyclic) bond motifs is 1. The predicted octanol–water partition coefficient (Wildman–Crippen LogP) is 3.98. The molecule has 9 nitrogen and oxygen atoms in total. The van der Waals surface area contributed by atoms with Crippen LogP contribution in [0.3, 0.4) is 0 Å². The highest BCUT2D eigenvalue weighted by atomic mass is 16.5. The van der Waals surface area contributed by atoms with Gasteiger partial charge in [-0.15, -0.1) is 0 Å². The molecule has 2 amide bonds. The number of carboxylic acid groups (broad SMARTS) is 1. The van der Waals surface area contributed by atoms with Gasteiger partial charge in [-0.3, -0.25) is 9.69 Å². The van der Waals surface area contributed by atoms with Crippen LogP contribution in [-0.2, 0) is 4.74 Å². The highest BCUT2D eigenvalue weighted by molar-refractivity contribution is 6.07. The summed E-state index contributed by atoms with van der Waals surface area (Å²) >= 11 is 0. The monoisotopic (exact) mass is 537 g/mol. The molecule has 5 rings (SSSR count). The van der Waals surface area contributed by atoms with E-state index in [0.717, 1.165) is 93.9 Å². The van der Waals surface area contributed by atoms with E-state index in [1.165, 1.54) is 6.42 Å². The number of pyridine rings is 1. The van der Waals surface area contributed by atoms with Crippen LogP contribution in [0, 0.1) is 17.8 Å². The molecule has 3 aliphatic rings. The summed E-state index contributed by atoms with van der Waals surface area (Å²) in [7, 11) is 1.80. The summed E-state index contributed by atoms with van der Waals surface area (Å²) in [5.41, 5.74) is 1.56. The van der Waals surface area contributed by atoms with Crippen LogP contribution in [-0.4, -0.2) is 86.0 Å². The quantitative estimate of drug-likeness (QED) is 0.421. The first-order chi connectivity index (χ1) is 19.0. The smallest absolute Gasteiger partial charge is 0.404 e. The zero-order valence-electron chi connectivity index (χ0n) is 23.1. The summed E-state index contributed by atoms with van der Waals surface area (Å²) in [5.74, 6) is 2.42. The molecular formula is C30H43N5O4. The van der Waals surface area contributed by atoms with Crippen LogP contribution in [0.4, 0.5) is 10.6 Å². The third-order valence-electron chi connectivity index (χ3n) is 9.06. The molecule has 1 saturated carbocycles. The number of nitrogens with zero attached hydrogens (tertiary/aromatic N) is 3. The number of amides is 2. The van der Waals surface area contributed by atoms with Crippen molar-refractivity contribution in [1.82, 2.24) is 20.5 Å². The molecule has 0 spiro atoms. The molecule has 3 fully saturated rings. The zero-order valence-corrected chi connectivity index (χ0v) is 23.1. The van der Waals surface area contributed by atoms with E-state index in [1.54, 1.807) is 7.11 Å². The van der Waals surface area contributed by atoms with Crippen LogP contribution < -0.4 is 15.5 Å². The minimum atomic E-state index is -0.958. The Kier molecular flexibility index (Phi) is 9.19. The van der Waals surface area contributed by atoms with Gasteiger partial charge in [0.05, 0.1) is 17.2 Å². The third kappa shape index (κ3) is 7.19. The van der Waals surface area contributed by atoms with Crippen LogP contribution in [0.1, 0.15) is 55.3 Å². The summed E-state index contributed by atoms with van der Waals surface area (Å²) < 4.78 is 5.39. The molecule has 1 aromatic heterocycles. The number of nitrogens with one attached hydrogen (secondary N) is 2. The Bertz CT molecular complexity index is 1120. The number of rotatable bonds is 10.